The molecule has 1 amide bonds. The lowest BCUT2D eigenvalue weighted by Gasteiger charge is -2.20. The molecule has 1 aliphatic heterocycles. The summed E-state index contributed by atoms with van der Waals surface area (Å²) >= 11 is 0. The van der Waals surface area contributed by atoms with Crippen molar-refractivity contribution >= 4 is 17.7 Å². The SMILES string of the molecule is COc1cc(C=CC(=O)Nc2ccccc2-c2nnc(C)o2)cc2c1OCCO2. The Bertz CT molecular complexity index is 1060. The molecule has 1 aromatic heterocycles. The fourth-order valence-electron chi connectivity index (χ4n) is 2.92. The smallest absolute Gasteiger partial charge is 0.249 e. The van der Waals surface area contributed by atoms with E-state index >= 15 is 0 Å². The number of aryl methyl sites for hydroxylation is 1. The van der Waals surface area contributed by atoms with E-state index < -0.39 is 0 Å². The fourth-order valence-corrected chi connectivity index (χ4v) is 2.92. The first-order chi connectivity index (χ1) is 14.1. The predicted molar refractivity (Wildman–Crippen MR) is 106 cm³/mol. The van der Waals surface area contributed by atoms with Gasteiger partial charge in [-0.2, -0.15) is 0 Å². The van der Waals surface area contributed by atoms with Gasteiger partial charge in [-0.15, -0.1) is 10.2 Å². The van der Waals surface area contributed by atoms with Gasteiger partial charge in [-0.1, -0.05) is 12.1 Å². The molecule has 0 aliphatic carbocycles. The number of methoxy groups -OCH3 is 1. The highest BCUT2D eigenvalue weighted by Gasteiger charge is 2.18. The molecule has 3 aromatic rings. The van der Waals surface area contributed by atoms with E-state index in [1.54, 1.807) is 44.4 Å². The third-order valence-corrected chi connectivity index (χ3v) is 4.22. The zero-order chi connectivity index (χ0) is 20.2. The molecule has 0 saturated heterocycles. The molecule has 2 aromatic carbocycles. The number of amides is 1. The van der Waals surface area contributed by atoms with Crippen molar-refractivity contribution in [1.82, 2.24) is 10.2 Å². The van der Waals surface area contributed by atoms with Gasteiger partial charge in [-0.25, -0.2) is 0 Å². The van der Waals surface area contributed by atoms with Crippen molar-refractivity contribution in [2.24, 2.45) is 0 Å². The summed E-state index contributed by atoms with van der Waals surface area (Å²) in [6.45, 7) is 2.65. The lowest BCUT2D eigenvalue weighted by molar-refractivity contribution is -0.111. The zero-order valence-corrected chi connectivity index (χ0v) is 16.0. The maximum Gasteiger partial charge on any atom is 0.249 e. The van der Waals surface area contributed by atoms with Gasteiger partial charge < -0.3 is 23.9 Å². The number of anilines is 1. The van der Waals surface area contributed by atoms with Crippen LogP contribution in [0.5, 0.6) is 17.2 Å². The van der Waals surface area contributed by atoms with E-state index in [9.17, 15) is 4.79 Å². The van der Waals surface area contributed by atoms with Gasteiger partial charge in [-0.05, 0) is 35.9 Å². The van der Waals surface area contributed by atoms with Crippen LogP contribution in [0.25, 0.3) is 17.5 Å². The first-order valence-electron chi connectivity index (χ1n) is 9.00. The second-order valence-corrected chi connectivity index (χ2v) is 6.24. The number of carbonyl (C=O) groups excluding carboxylic acids is 1. The summed E-state index contributed by atoms with van der Waals surface area (Å²) in [5.74, 6) is 2.21. The van der Waals surface area contributed by atoms with Crippen molar-refractivity contribution in [2.75, 3.05) is 25.6 Å². The van der Waals surface area contributed by atoms with Gasteiger partial charge in [0, 0.05) is 13.0 Å². The van der Waals surface area contributed by atoms with Gasteiger partial charge in [0.1, 0.15) is 13.2 Å². The topological polar surface area (TPSA) is 95.7 Å². The van der Waals surface area contributed by atoms with Gasteiger partial charge >= 0.3 is 0 Å². The molecule has 2 heterocycles. The minimum absolute atomic E-state index is 0.303. The number of nitrogens with zero attached hydrogens (tertiary/aromatic N) is 2. The Kier molecular flexibility index (Phi) is 5.15. The number of hydrogen-bond acceptors (Lipinski definition) is 7. The first kappa shape index (κ1) is 18.5. The molecule has 148 valence electrons. The van der Waals surface area contributed by atoms with Crippen molar-refractivity contribution in [3.05, 3.63) is 53.9 Å². The van der Waals surface area contributed by atoms with Crippen molar-refractivity contribution in [3.8, 4) is 28.7 Å². The second-order valence-electron chi connectivity index (χ2n) is 6.24. The van der Waals surface area contributed by atoms with Crippen molar-refractivity contribution in [1.29, 1.82) is 0 Å². The molecular weight excluding hydrogens is 374 g/mol. The standard InChI is InChI=1S/C21H19N3O5/c1-13-23-24-21(29-13)15-5-3-4-6-16(15)22-19(25)8-7-14-11-17(26-2)20-18(12-14)27-9-10-28-20/h3-8,11-12H,9-10H2,1-2H3,(H,22,25). The normalized spacial score (nSPS) is 12.8. The van der Waals surface area contributed by atoms with Crippen LogP contribution in [0.1, 0.15) is 11.5 Å². The Balaban J connectivity index is 1.53. The number of rotatable bonds is 5. The van der Waals surface area contributed by atoms with E-state index in [4.69, 9.17) is 18.6 Å². The summed E-state index contributed by atoms with van der Waals surface area (Å²) in [4.78, 5) is 12.5. The summed E-state index contributed by atoms with van der Waals surface area (Å²) in [5.41, 5.74) is 1.98. The van der Waals surface area contributed by atoms with Crippen molar-refractivity contribution in [2.45, 2.75) is 6.92 Å². The van der Waals surface area contributed by atoms with Crippen LogP contribution in [-0.2, 0) is 4.79 Å². The molecule has 0 atom stereocenters. The Hall–Kier alpha value is -3.81. The fraction of sp³-hybridized carbons (Fsp3) is 0.190. The minimum Gasteiger partial charge on any atom is -0.493 e. The second kappa shape index (κ2) is 8.05. The van der Waals surface area contributed by atoms with E-state index in [1.165, 1.54) is 6.08 Å². The summed E-state index contributed by atoms with van der Waals surface area (Å²) in [6, 6.07) is 10.8. The Morgan fingerprint density at radius 1 is 1.17 bits per heavy atom. The van der Waals surface area contributed by atoms with Crippen molar-refractivity contribution < 1.29 is 23.4 Å². The van der Waals surface area contributed by atoms with Gasteiger partial charge in [0.15, 0.2) is 11.5 Å². The number of para-hydroxylation sites is 1. The van der Waals surface area contributed by atoms with Gasteiger partial charge in [0.25, 0.3) is 0 Å². The Morgan fingerprint density at radius 3 is 2.79 bits per heavy atom. The Morgan fingerprint density at radius 2 is 2.00 bits per heavy atom. The molecular formula is C21H19N3O5. The quantitative estimate of drug-likeness (QED) is 0.663. The van der Waals surface area contributed by atoms with Crippen LogP contribution in [-0.4, -0.2) is 36.4 Å². The van der Waals surface area contributed by atoms with Gasteiger partial charge in [-0.3, -0.25) is 4.79 Å². The average molecular weight is 393 g/mol. The molecule has 29 heavy (non-hydrogen) atoms. The monoisotopic (exact) mass is 393 g/mol. The summed E-state index contributed by atoms with van der Waals surface area (Å²) in [6.07, 6.45) is 3.11. The van der Waals surface area contributed by atoms with Crippen LogP contribution in [0, 0.1) is 6.92 Å². The van der Waals surface area contributed by atoms with E-state index in [-0.39, 0.29) is 5.91 Å². The number of hydrogen-bond donors (Lipinski definition) is 1. The maximum absolute atomic E-state index is 12.5. The molecule has 0 saturated carbocycles. The lowest BCUT2D eigenvalue weighted by Crippen LogP contribution is -2.16. The van der Waals surface area contributed by atoms with Crippen LogP contribution in [0.15, 0.2) is 46.9 Å². The molecule has 0 fully saturated rings. The molecule has 8 heteroatoms. The summed E-state index contributed by atoms with van der Waals surface area (Å²) < 4.78 is 22.0. The third kappa shape index (κ3) is 4.06. The van der Waals surface area contributed by atoms with E-state index in [1.807, 2.05) is 12.1 Å². The predicted octanol–water partition coefficient (Wildman–Crippen LogP) is 3.48. The highest BCUT2D eigenvalue weighted by atomic mass is 16.6. The molecule has 0 radical (unpaired) electrons. The van der Waals surface area contributed by atoms with Crippen LogP contribution >= 0.6 is 0 Å². The van der Waals surface area contributed by atoms with Crippen LogP contribution in [0.4, 0.5) is 5.69 Å². The number of benzene rings is 2. The number of ether oxygens (including phenoxy) is 3. The number of fused-ring (bicyclic) bond motifs is 1. The van der Waals surface area contributed by atoms with Crippen LogP contribution in [0.3, 0.4) is 0 Å². The highest BCUT2D eigenvalue weighted by molar-refractivity contribution is 6.03. The maximum atomic E-state index is 12.5. The Labute approximate surface area is 167 Å². The molecule has 0 spiro atoms. The molecule has 1 N–H and O–H groups in total. The number of aromatic nitrogens is 2. The van der Waals surface area contributed by atoms with E-state index in [2.05, 4.69) is 15.5 Å². The first-order valence-corrected chi connectivity index (χ1v) is 9.00. The molecule has 0 bridgehead atoms. The third-order valence-electron chi connectivity index (χ3n) is 4.22. The highest BCUT2D eigenvalue weighted by Crippen LogP contribution is 2.40. The van der Waals surface area contributed by atoms with Gasteiger partial charge in [0.05, 0.1) is 18.4 Å². The van der Waals surface area contributed by atoms with E-state index in [0.717, 1.165) is 5.56 Å². The largest absolute Gasteiger partial charge is 0.493 e. The summed E-state index contributed by atoms with van der Waals surface area (Å²) in [5, 5.41) is 10.7. The lowest BCUT2D eigenvalue weighted by atomic mass is 10.1. The number of nitrogens with one attached hydrogen (secondary N) is 1. The summed E-state index contributed by atoms with van der Waals surface area (Å²) in [7, 11) is 1.56. The minimum atomic E-state index is -0.303. The van der Waals surface area contributed by atoms with Gasteiger partial charge in [0.2, 0.25) is 23.4 Å². The van der Waals surface area contributed by atoms with Crippen molar-refractivity contribution in [3.63, 3.8) is 0 Å². The average Bonchev–Trinajstić information content (AvgIpc) is 3.18. The molecule has 4 rings (SSSR count). The van der Waals surface area contributed by atoms with Crippen LogP contribution in [0.2, 0.25) is 0 Å². The molecule has 0 unspecified atom stereocenters. The molecule has 1 aliphatic rings. The molecule has 8 nitrogen and oxygen atoms in total. The zero-order valence-electron chi connectivity index (χ0n) is 16.0. The number of carbonyl (C=O) groups is 1. The van der Waals surface area contributed by atoms with Crippen LogP contribution < -0.4 is 19.5 Å². The van der Waals surface area contributed by atoms with E-state index in [0.29, 0.717) is 53.5 Å².